The molecule has 1 atom stereocenters. The zero-order chi connectivity index (χ0) is 16.0. The number of rotatable bonds is 7. The first-order valence-electron chi connectivity index (χ1n) is 6.70. The molecule has 1 unspecified atom stereocenters. The third kappa shape index (κ3) is 6.03. The summed E-state index contributed by atoms with van der Waals surface area (Å²) in [6.45, 7) is 2.69. The van der Waals surface area contributed by atoms with Crippen molar-refractivity contribution < 1.29 is 13.2 Å². The van der Waals surface area contributed by atoms with Crippen LogP contribution in [0, 0.1) is 0 Å². The Morgan fingerprint density at radius 1 is 1.38 bits per heavy atom. The zero-order valence-electron chi connectivity index (χ0n) is 12.3. The lowest BCUT2D eigenvalue weighted by Crippen LogP contribution is -2.44. The van der Waals surface area contributed by atoms with Crippen molar-refractivity contribution in [2.75, 3.05) is 18.6 Å². The summed E-state index contributed by atoms with van der Waals surface area (Å²) in [5, 5.41) is 0.591. The summed E-state index contributed by atoms with van der Waals surface area (Å²) in [7, 11) is -3.12. The van der Waals surface area contributed by atoms with Gasteiger partial charge in [0, 0.05) is 24.4 Å². The SMILES string of the molecule is CCN(Cc1ccccc1Cl)C(=O)C(N)CCS(C)(=O)=O. The third-order valence-electron chi connectivity index (χ3n) is 3.13. The molecule has 0 saturated carbocycles. The van der Waals surface area contributed by atoms with Crippen LogP contribution in [0.3, 0.4) is 0 Å². The maximum atomic E-state index is 12.3. The van der Waals surface area contributed by atoms with E-state index < -0.39 is 15.9 Å². The number of hydrogen-bond acceptors (Lipinski definition) is 4. The van der Waals surface area contributed by atoms with Gasteiger partial charge in [-0.25, -0.2) is 8.42 Å². The van der Waals surface area contributed by atoms with Crippen molar-refractivity contribution >= 4 is 27.3 Å². The van der Waals surface area contributed by atoms with Gasteiger partial charge in [0.2, 0.25) is 5.91 Å². The molecule has 5 nitrogen and oxygen atoms in total. The monoisotopic (exact) mass is 332 g/mol. The molecule has 0 aliphatic heterocycles. The highest BCUT2D eigenvalue weighted by Gasteiger charge is 2.21. The molecule has 7 heteroatoms. The van der Waals surface area contributed by atoms with Crippen molar-refractivity contribution in [2.45, 2.75) is 25.9 Å². The van der Waals surface area contributed by atoms with Crippen LogP contribution in [0.4, 0.5) is 0 Å². The Kier molecular flexibility index (Phi) is 6.64. The highest BCUT2D eigenvalue weighted by Crippen LogP contribution is 2.17. The van der Waals surface area contributed by atoms with Crippen LogP contribution < -0.4 is 5.73 Å². The van der Waals surface area contributed by atoms with Gasteiger partial charge in [-0.3, -0.25) is 4.79 Å². The maximum absolute atomic E-state index is 12.3. The summed E-state index contributed by atoms with van der Waals surface area (Å²) >= 11 is 6.08. The van der Waals surface area contributed by atoms with Gasteiger partial charge < -0.3 is 10.6 Å². The van der Waals surface area contributed by atoms with Crippen LogP contribution in [0.1, 0.15) is 18.9 Å². The Hall–Kier alpha value is -1.11. The Morgan fingerprint density at radius 3 is 2.52 bits per heavy atom. The summed E-state index contributed by atoms with van der Waals surface area (Å²) in [6, 6.07) is 6.46. The van der Waals surface area contributed by atoms with Crippen molar-refractivity contribution in [3.63, 3.8) is 0 Å². The molecular formula is C14H21ClN2O3S. The Balaban J connectivity index is 2.71. The third-order valence-corrected chi connectivity index (χ3v) is 4.48. The van der Waals surface area contributed by atoms with Crippen molar-refractivity contribution in [1.82, 2.24) is 4.90 Å². The maximum Gasteiger partial charge on any atom is 0.239 e. The van der Waals surface area contributed by atoms with E-state index in [4.69, 9.17) is 17.3 Å². The number of amides is 1. The molecule has 0 heterocycles. The lowest BCUT2D eigenvalue weighted by Gasteiger charge is -2.24. The molecule has 118 valence electrons. The van der Waals surface area contributed by atoms with Crippen molar-refractivity contribution in [3.05, 3.63) is 34.9 Å². The molecule has 2 N–H and O–H groups in total. The smallest absolute Gasteiger partial charge is 0.239 e. The summed E-state index contributed by atoms with van der Waals surface area (Å²) in [4.78, 5) is 13.8. The first-order valence-corrected chi connectivity index (χ1v) is 9.14. The average Bonchev–Trinajstić information content (AvgIpc) is 2.42. The molecule has 1 amide bonds. The number of halogens is 1. The minimum Gasteiger partial charge on any atom is -0.337 e. The summed E-state index contributed by atoms with van der Waals surface area (Å²) in [5.41, 5.74) is 6.64. The number of benzene rings is 1. The van der Waals surface area contributed by atoms with E-state index in [2.05, 4.69) is 0 Å². The standard InChI is InChI=1S/C14H21ClN2O3S/c1-3-17(10-11-6-4-5-7-12(11)15)14(18)13(16)8-9-21(2,19)20/h4-7,13H,3,8-10,16H2,1-2H3. The molecule has 1 aromatic rings. The number of hydrogen-bond donors (Lipinski definition) is 1. The van der Waals surface area contributed by atoms with Gasteiger partial charge in [-0.15, -0.1) is 0 Å². The highest BCUT2D eigenvalue weighted by molar-refractivity contribution is 7.90. The molecule has 0 saturated heterocycles. The van der Waals surface area contributed by atoms with Crippen LogP contribution in [0.25, 0.3) is 0 Å². The number of carbonyl (C=O) groups excluding carboxylic acids is 1. The summed E-state index contributed by atoms with van der Waals surface area (Å²) < 4.78 is 22.3. The Morgan fingerprint density at radius 2 is 2.00 bits per heavy atom. The second-order valence-corrected chi connectivity index (χ2v) is 7.64. The van der Waals surface area contributed by atoms with Gasteiger partial charge in [-0.2, -0.15) is 0 Å². The molecule has 1 rings (SSSR count). The van der Waals surface area contributed by atoms with E-state index in [1.54, 1.807) is 11.0 Å². The topological polar surface area (TPSA) is 80.5 Å². The number of nitrogens with two attached hydrogens (primary N) is 1. The normalized spacial score (nSPS) is 13.0. The predicted octanol–water partition coefficient (Wildman–Crippen LogP) is 1.45. The second-order valence-electron chi connectivity index (χ2n) is 4.97. The molecule has 0 spiro atoms. The number of sulfone groups is 1. The number of carbonyl (C=O) groups is 1. The van der Waals surface area contributed by atoms with Crippen LogP contribution in [0.2, 0.25) is 5.02 Å². The van der Waals surface area contributed by atoms with Crippen LogP contribution in [-0.4, -0.2) is 43.8 Å². The van der Waals surface area contributed by atoms with E-state index in [1.807, 2.05) is 25.1 Å². The second kappa shape index (κ2) is 7.77. The van der Waals surface area contributed by atoms with E-state index in [9.17, 15) is 13.2 Å². The molecule has 21 heavy (non-hydrogen) atoms. The first-order chi connectivity index (χ1) is 9.74. The first kappa shape index (κ1) is 17.9. The summed E-state index contributed by atoms with van der Waals surface area (Å²) in [6.07, 6.45) is 1.25. The van der Waals surface area contributed by atoms with Crippen LogP contribution in [0.5, 0.6) is 0 Å². The lowest BCUT2D eigenvalue weighted by molar-refractivity contribution is -0.133. The molecule has 0 fully saturated rings. The molecule has 1 aromatic carbocycles. The predicted molar refractivity (Wildman–Crippen MR) is 84.8 cm³/mol. The van der Waals surface area contributed by atoms with Crippen LogP contribution in [0.15, 0.2) is 24.3 Å². The van der Waals surface area contributed by atoms with Crippen LogP contribution >= 0.6 is 11.6 Å². The van der Waals surface area contributed by atoms with Gasteiger partial charge in [-0.05, 0) is 25.0 Å². The van der Waals surface area contributed by atoms with E-state index in [0.29, 0.717) is 18.1 Å². The molecular weight excluding hydrogens is 312 g/mol. The molecule has 0 aliphatic carbocycles. The van der Waals surface area contributed by atoms with Crippen LogP contribution in [-0.2, 0) is 21.2 Å². The Bertz CT molecular complexity index is 590. The molecule has 0 aromatic heterocycles. The van der Waals surface area contributed by atoms with Gasteiger partial charge in [0.25, 0.3) is 0 Å². The molecule has 0 aliphatic rings. The quantitative estimate of drug-likeness (QED) is 0.819. The minimum atomic E-state index is -3.12. The largest absolute Gasteiger partial charge is 0.337 e. The summed E-state index contributed by atoms with van der Waals surface area (Å²) in [5.74, 6) is -0.357. The lowest BCUT2D eigenvalue weighted by atomic mass is 10.1. The average molecular weight is 333 g/mol. The van der Waals surface area contributed by atoms with E-state index in [0.717, 1.165) is 11.8 Å². The van der Waals surface area contributed by atoms with Gasteiger partial charge in [-0.1, -0.05) is 29.8 Å². The minimum absolute atomic E-state index is 0.0937. The van der Waals surface area contributed by atoms with E-state index in [1.165, 1.54) is 0 Å². The van der Waals surface area contributed by atoms with E-state index in [-0.39, 0.29) is 18.1 Å². The van der Waals surface area contributed by atoms with Crippen molar-refractivity contribution in [3.8, 4) is 0 Å². The fourth-order valence-electron chi connectivity index (χ4n) is 1.88. The van der Waals surface area contributed by atoms with Gasteiger partial charge in [0.15, 0.2) is 0 Å². The van der Waals surface area contributed by atoms with Gasteiger partial charge >= 0.3 is 0 Å². The van der Waals surface area contributed by atoms with Gasteiger partial charge in [0.1, 0.15) is 9.84 Å². The molecule has 0 bridgehead atoms. The number of nitrogens with zero attached hydrogens (tertiary/aromatic N) is 1. The van der Waals surface area contributed by atoms with Gasteiger partial charge in [0.05, 0.1) is 11.8 Å². The fourth-order valence-corrected chi connectivity index (χ4v) is 2.75. The number of likely N-dealkylation sites (N-methyl/N-ethyl adjacent to an activating group) is 1. The fraction of sp³-hybridized carbons (Fsp3) is 0.500. The van der Waals surface area contributed by atoms with Crippen molar-refractivity contribution in [1.29, 1.82) is 0 Å². The Labute approximate surface area is 131 Å². The zero-order valence-corrected chi connectivity index (χ0v) is 13.8. The highest BCUT2D eigenvalue weighted by atomic mass is 35.5. The molecule has 0 radical (unpaired) electrons. The van der Waals surface area contributed by atoms with E-state index >= 15 is 0 Å². The van der Waals surface area contributed by atoms with Crippen molar-refractivity contribution in [2.24, 2.45) is 5.73 Å².